The van der Waals surface area contributed by atoms with Crippen LogP contribution in [-0.4, -0.2) is 36.9 Å². The van der Waals surface area contributed by atoms with Crippen molar-refractivity contribution < 1.29 is 19.1 Å². The lowest BCUT2D eigenvalue weighted by molar-refractivity contribution is 0.0787. The molecular weight excluding hydrogens is 392 g/mol. The van der Waals surface area contributed by atoms with Crippen molar-refractivity contribution >= 4 is 11.8 Å². The van der Waals surface area contributed by atoms with Crippen LogP contribution in [0.25, 0.3) is 0 Å². The Bertz CT molecular complexity index is 1030. The molecule has 6 heteroatoms. The molecule has 0 aliphatic rings. The lowest BCUT2D eigenvalue weighted by atomic mass is 10.2. The van der Waals surface area contributed by atoms with Crippen molar-refractivity contribution in [1.82, 2.24) is 4.90 Å². The smallest absolute Gasteiger partial charge is 0.253 e. The molecule has 0 aliphatic carbocycles. The van der Waals surface area contributed by atoms with E-state index in [2.05, 4.69) is 0 Å². The van der Waals surface area contributed by atoms with Crippen LogP contribution in [0.1, 0.15) is 32.7 Å². The summed E-state index contributed by atoms with van der Waals surface area (Å²) < 4.78 is 11.5. The zero-order valence-corrected chi connectivity index (χ0v) is 17.7. The number of aryl methyl sites for hydroxylation is 1. The summed E-state index contributed by atoms with van der Waals surface area (Å²) in [5, 5.41) is 0. The van der Waals surface area contributed by atoms with Gasteiger partial charge in [0.1, 0.15) is 17.2 Å². The predicted octanol–water partition coefficient (Wildman–Crippen LogP) is 4.43. The van der Waals surface area contributed by atoms with Crippen molar-refractivity contribution in [3.8, 4) is 17.2 Å². The largest absolute Gasteiger partial charge is 0.493 e. The molecule has 31 heavy (non-hydrogen) atoms. The highest BCUT2D eigenvalue weighted by Gasteiger charge is 2.12. The third kappa shape index (κ3) is 6.09. The maximum Gasteiger partial charge on any atom is 0.253 e. The monoisotopic (exact) mass is 418 g/mol. The van der Waals surface area contributed by atoms with E-state index in [1.165, 1.54) is 0 Å². The van der Waals surface area contributed by atoms with Gasteiger partial charge in [-0.05, 0) is 73.5 Å². The Balaban J connectivity index is 1.48. The van der Waals surface area contributed by atoms with E-state index in [0.29, 0.717) is 35.8 Å². The molecule has 2 N–H and O–H groups in total. The first-order valence-electron chi connectivity index (χ1n) is 10.1. The van der Waals surface area contributed by atoms with Gasteiger partial charge in [-0.25, -0.2) is 0 Å². The molecule has 0 fully saturated rings. The average Bonchev–Trinajstić information content (AvgIpc) is 2.78. The highest BCUT2D eigenvalue weighted by molar-refractivity contribution is 5.94. The van der Waals surface area contributed by atoms with Crippen molar-refractivity contribution in [1.29, 1.82) is 0 Å². The Kier molecular flexibility index (Phi) is 7.27. The fraction of sp³-hybridized carbons (Fsp3) is 0.200. The van der Waals surface area contributed by atoms with Crippen LogP contribution in [-0.2, 0) is 0 Å². The highest BCUT2D eigenvalue weighted by Crippen LogP contribution is 2.22. The van der Waals surface area contributed by atoms with Gasteiger partial charge in [0.2, 0.25) is 5.91 Å². The topological polar surface area (TPSA) is 81.9 Å². The second-order valence-corrected chi connectivity index (χ2v) is 7.21. The minimum atomic E-state index is -0.486. The van der Waals surface area contributed by atoms with E-state index < -0.39 is 5.91 Å². The van der Waals surface area contributed by atoms with E-state index in [9.17, 15) is 9.59 Å². The van der Waals surface area contributed by atoms with Gasteiger partial charge in [0.25, 0.3) is 5.91 Å². The zero-order valence-electron chi connectivity index (χ0n) is 17.7. The molecule has 0 bridgehead atoms. The first-order valence-corrected chi connectivity index (χ1v) is 10.1. The van der Waals surface area contributed by atoms with E-state index in [0.717, 1.165) is 17.7 Å². The first kappa shape index (κ1) is 21.9. The molecule has 0 unspecified atom stereocenters. The number of nitrogens with zero attached hydrogens (tertiary/aromatic N) is 1. The first-order chi connectivity index (χ1) is 14.9. The molecule has 0 saturated carbocycles. The fourth-order valence-corrected chi connectivity index (χ4v) is 3.01. The molecule has 0 saturated heterocycles. The van der Waals surface area contributed by atoms with Crippen molar-refractivity contribution in [3.63, 3.8) is 0 Å². The van der Waals surface area contributed by atoms with Crippen LogP contribution in [0.5, 0.6) is 17.2 Å². The Morgan fingerprint density at radius 3 is 2.03 bits per heavy atom. The van der Waals surface area contributed by atoms with Crippen LogP contribution in [0.15, 0.2) is 72.8 Å². The lowest BCUT2D eigenvalue weighted by Crippen LogP contribution is -2.28. The molecule has 3 rings (SSSR count). The fourth-order valence-electron chi connectivity index (χ4n) is 3.01. The SMILES string of the molecule is Cc1ccccc1OCCCN(C)C(=O)c1ccc(Oc2ccc(C(N)=O)cc2)cc1. The summed E-state index contributed by atoms with van der Waals surface area (Å²) in [6.07, 6.45) is 0.735. The van der Waals surface area contributed by atoms with Crippen molar-refractivity contribution in [2.45, 2.75) is 13.3 Å². The molecule has 0 radical (unpaired) electrons. The minimum Gasteiger partial charge on any atom is -0.493 e. The van der Waals surface area contributed by atoms with Crippen LogP contribution in [0.4, 0.5) is 0 Å². The molecule has 0 atom stereocenters. The van der Waals surface area contributed by atoms with Crippen LogP contribution in [0.3, 0.4) is 0 Å². The van der Waals surface area contributed by atoms with Crippen molar-refractivity contribution in [2.75, 3.05) is 20.2 Å². The highest BCUT2D eigenvalue weighted by atomic mass is 16.5. The van der Waals surface area contributed by atoms with Gasteiger partial charge in [-0.3, -0.25) is 9.59 Å². The maximum atomic E-state index is 12.6. The number of carbonyl (C=O) groups excluding carboxylic acids is 2. The van der Waals surface area contributed by atoms with E-state index in [-0.39, 0.29) is 5.91 Å². The quantitative estimate of drug-likeness (QED) is 0.521. The Morgan fingerprint density at radius 2 is 1.45 bits per heavy atom. The minimum absolute atomic E-state index is 0.0618. The van der Waals surface area contributed by atoms with E-state index in [1.807, 2.05) is 31.2 Å². The summed E-state index contributed by atoms with van der Waals surface area (Å²) in [7, 11) is 1.78. The number of rotatable bonds is 9. The summed E-state index contributed by atoms with van der Waals surface area (Å²) >= 11 is 0. The predicted molar refractivity (Wildman–Crippen MR) is 120 cm³/mol. The standard InChI is InChI=1S/C25H26N2O4/c1-18-6-3-4-7-23(18)30-17-5-16-27(2)25(29)20-10-14-22(15-11-20)31-21-12-8-19(9-13-21)24(26)28/h3-4,6-15H,5,16-17H2,1-2H3,(H2,26,28). The Morgan fingerprint density at radius 1 is 0.871 bits per heavy atom. The lowest BCUT2D eigenvalue weighted by Gasteiger charge is -2.18. The molecule has 3 aromatic carbocycles. The van der Waals surface area contributed by atoms with Gasteiger partial charge in [0.15, 0.2) is 0 Å². The zero-order chi connectivity index (χ0) is 22.2. The van der Waals surface area contributed by atoms with Crippen LogP contribution >= 0.6 is 0 Å². The molecular formula is C25H26N2O4. The van der Waals surface area contributed by atoms with Gasteiger partial charge in [-0.2, -0.15) is 0 Å². The number of ether oxygens (including phenoxy) is 2. The second kappa shape index (κ2) is 10.3. The summed E-state index contributed by atoms with van der Waals surface area (Å²) in [5.74, 6) is 1.50. The van der Waals surface area contributed by atoms with Gasteiger partial charge in [-0.15, -0.1) is 0 Å². The van der Waals surface area contributed by atoms with Crippen molar-refractivity contribution in [3.05, 3.63) is 89.5 Å². The summed E-state index contributed by atoms with van der Waals surface area (Å²) in [5.41, 5.74) is 7.33. The number of nitrogens with two attached hydrogens (primary N) is 1. The van der Waals surface area contributed by atoms with Gasteiger partial charge >= 0.3 is 0 Å². The Hall–Kier alpha value is -3.80. The third-order valence-electron chi connectivity index (χ3n) is 4.81. The number of amides is 2. The van der Waals surface area contributed by atoms with Crippen LogP contribution in [0.2, 0.25) is 0 Å². The van der Waals surface area contributed by atoms with Crippen molar-refractivity contribution in [2.24, 2.45) is 5.73 Å². The molecule has 0 heterocycles. The van der Waals surface area contributed by atoms with Gasteiger partial charge < -0.3 is 20.1 Å². The average molecular weight is 418 g/mol. The van der Waals surface area contributed by atoms with Gasteiger partial charge in [-0.1, -0.05) is 18.2 Å². The number of primary amides is 1. The summed E-state index contributed by atoms with van der Waals surface area (Å²) in [6.45, 7) is 3.15. The molecule has 0 aromatic heterocycles. The molecule has 2 amide bonds. The summed E-state index contributed by atoms with van der Waals surface area (Å²) in [6, 6.07) is 21.4. The van der Waals surface area contributed by atoms with E-state index in [1.54, 1.807) is 60.5 Å². The number of para-hydroxylation sites is 1. The molecule has 3 aromatic rings. The maximum absolute atomic E-state index is 12.6. The van der Waals surface area contributed by atoms with E-state index >= 15 is 0 Å². The summed E-state index contributed by atoms with van der Waals surface area (Å²) in [4.78, 5) is 25.4. The van der Waals surface area contributed by atoms with Gasteiger partial charge in [0.05, 0.1) is 6.61 Å². The third-order valence-corrected chi connectivity index (χ3v) is 4.81. The Labute approximate surface area is 182 Å². The number of hydrogen-bond acceptors (Lipinski definition) is 4. The number of hydrogen-bond donors (Lipinski definition) is 1. The molecule has 0 spiro atoms. The number of carbonyl (C=O) groups is 2. The molecule has 6 nitrogen and oxygen atoms in total. The van der Waals surface area contributed by atoms with Gasteiger partial charge in [0, 0.05) is 24.7 Å². The van der Waals surface area contributed by atoms with Crippen LogP contribution in [0, 0.1) is 6.92 Å². The van der Waals surface area contributed by atoms with E-state index in [4.69, 9.17) is 15.2 Å². The normalized spacial score (nSPS) is 10.4. The molecule has 0 aliphatic heterocycles. The second-order valence-electron chi connectivity index (χ2n) is 7.21. The number of benzene rings is 3. The molecule has 160 valence electrons. The van der Waals surface area contributed by atoms with Crippen LogP contribution < -0.4 is 15.2 Å².